The molecule has 0 spiro atoms. The minimum atomic E-state index is -4.92. The van der Waals surface area contributed by atoms with Crippen molar-refractivity contribution in [3.05, 3.63) is 77.9 Å². The summed E-state index contributed by atoms with van der Waals surface area (Å²) in [4.78, 5) is 27.4. The Morgan fingerprint density at radius 1 is 0.932 bits per heavy atom. The lowest BCUT2D eigenvalue weighted by atomic mass is 10.0. The van der Waals surface area contributed by atoms with Gasteiger partial charge < -0.3 is 20.7 Å². The van der Waals surface area contributed by atoms with Crippen LogP contribution in [-0.4, -0.2) is 80.8 Å². The quantitative estimate of drug-likeness (QED) is 0.328. The van der Waals surface area contributed by atoms with E-state index in [1.165, 1.54) is 47.0 Å². The van der Waals surface area contributed by atoms with Gasteiger partial charge in [-0.25, -0.2) is 8.42 Å². The van der Waals surface area contributed by atoms with Crippen molar-refractivity contribution >= 4 is 33.2 Å². The van der Waals surface area contributed by atoms with Crippen LogP contribution in [-0.2, 0) is 21.4 Å². The number of ether oxygens (including phenoxy) is 1. The van der Waals surface area contributed by atoms with Crippen molar-refractivity contribution < 1.29 is 35.9 Å². The predicted octanol–water partition coefficient (Wildman–Crippen LogP) is 3.88. The van der Waals surface area contributed by atoms with Gasteiger partial charge >= 0.3 is 6.36 Å². The first-order valence-corrected chi connectivity index (χ1v) is 15.8. The summed E-state index contributed by atoms with van der Waals surface area (Å²) in [6, 6.07) is 16.9. The second-order valence-electron chi connectivity index (χ2n) is 10.7. The number of nitrogens with one attached hydrogen (secondary N) is 3. The number of rotatable bonds is 9. The molecule has 0 radical (unpaired) electrons. The summed E-state index contributed by atoms with van der Waals surface area (Å²) in [6.07, 6.45) is -3.03. The molecule has 2 aliphatic rings. The first-order chi connectivity index (χ1) is 20.8. The number of halogens is 3. The molecule has 2 saturated heterocycles. The fraction of sp³-hybridized carbons (Fsp3) is 0.333. The highest BCUT2D eigenvalue weighted by Crippen LogP contribution is 2.36. The highest BCUT2D eigenvalue weighted by molar-refractivity contribution is 7.88. The van der Waals surface area contributed by atoms with E-state index in [-0.39, 0.29) is 17.5 Å². The van der Waals surface area contributed by atoms with Gasteiger partial charge in [-0.3, -0.25) is 14.5 Å². The molecule has 1 atom stereocenters. The maximum atomic E-state index is 13.1. The minimum Gasteiger partial charge on any atom is -0.405 e. The van der Waals surface area contributed by atoms with Gasteiger partial charge in [0.15, 0.2) is 0 Å². The average Bonchev–Trinajstić information content (AvgIpc) is 2.93. The number of nitrogens with zero attached hydrogens (tertiary/aromatic N) is 2. The number of hydrogen-bond donors (Lipinski definition) is 3. The van der Waals surface area contributed by atoms with E-state index in [1.807, 2.05) is 12.1 Å². The molecule has 5 rings (SSSR count). The van der Waals surface area contributed by atoms with Crippen molar-refractivity contribution in [2.75, 3.05) is 49.6 Å². The summed E-state index contributed by atoms with van der Waals surface area (Å²) in [5.41, 5.74) is 2.65. The van der Waals surface area contributed by atoms with E-state index < -0.39 is 28.0 Å². The third-order valence-corrected chi connectivity index (χ3v) is 8.79. The van der Waals surface area contributed by atoms with E-state index >= 15 is 0 Å². The lowest BCUT2D eigenvalue weighted by Crippen LogP contribution is -2.50. The van der Waals surface area contributed by atoms with Crippen molar-refractivity contribution in [1.29, 1.82) is 0 Å². The Hall–Kier alpha value is -3.98. The van der Waals surface area contributed by atoms with Crippen LogP contribution >= 0.6 is 0 Å². The summed E-state index contributed by atoms with van der Waals surface area (Å²) in [5.74, 6) is -1.12. The molecule has 2 aliphatic heterocycles. The van der Waals surface area contributed by atoms with Gasteiger partial charge in [-0.2, -0.15) is 4.31 Å². The van der Waals surface area contributed by atoms with E-state index in [2.05, 4.69) is 25.6 Å². The molecule has 3 N–H and O–H groups in total. The smallest absolute Gasteiger partial charge is 0.405 e. The lowest BCUT2D eigenvalue weighted by Gasteiger charge is -2.33. The number of sulfonamides is 1. The molecule has 2 heterocycles. The average molecular weight is 632 g/mol. The second-order valence-corrected chi connectivity index (χ2v) is 12.7. The molecule has 1 unspecified atom stereocenters. The van der Waals surface area contributed by atoms with E-state index in [9.17, 15) is 31.2 Å². The largest absolute Gasteiger partial charge is 0.573 e. The number of carbonyl (C=O) groups is 2. The van der Waals surface area contributed by atoms with Crippen LogP contribution in [0.1, 0.15) is 22.3 Å². The number of piperazine rings is 1. The molecule has 0 aromatic heterocycles. The molecule has 0 bridgehead atoms. The van der Waals surface area contributed by atoms with Gasteiger partial charge in [-0.1, -0.05) is 24.3 Å². The molecule has 10 nitrogen and oxygen atoms in total. The van der Waals surface area contributed by atoms with Crippen molar-refractivity contribution in [3.63, 3.8) is 0 Å². The predicted molar refractivity (Wildman–Crippen MR) is 160 cm³/mol. The Morgan fingerprint density at radius 3 is 2.14 bits per heavy atom. The van der Waals surface area contributed by atoms with Crippen LogP contribution in [0.25, 0.3) is 11.1 Å². The molecule has 2 fully saturated rings. The number of hydrogen-bond acceptors (Lipinski definition) is 7. The summed E-state index contributed by atoms with van der Waals surface area (Å²) >= 11 is 0. The fourth-order valence-electron chi connectivity index (χ4n) is 4.96. The van der Waals surface area contributed by atoms with Crippen LogP contribution in [0.5, 0.6) is 5.75 Å². The van der Waals surface area contributed by atoms with Gasteiger partial charge in [0.25, 0.3) is 5.91 Å². The Morgan fingerprint density at radius 2 is 1.57 bits per heavy atom. The lowest BCUT2D eigenvalue weighted by molar-refractivity contribution is -0.274. The zero-order chi connectivity index (χ0) is 31.5. The van der Waals surface area contributed by atoms with Gasteiger partial charge in [-0.05, 0) is 66.6 Å². The molecule has 14 heteroatoms. The van der Waals surface area contributed by atoms with Gasteiger partial charge in [0.05, 0.1) is 12.3 Å². The Labute approximate surface area is 253 Å². The molecule has 234 valence electrons. The van der Waals surface area contributed by atoms with Gasteiger partial charge in [0.1, 0.15) is 5.75 Å². The van der Waals surface area contributed by atoms with Gasteiger partial charge in [0, 0.05) is 55.2 Å². The van der Waals surface area contributed by atoms with Crippen LogP contribution in [0.4, 0.5) is 24.5 Å². The Kier molecular flexibility index (Phi) is 9.25. The van der Waals surface area contributed by atoms with Crippen molar-refractivity contribution in [2.24, 2.45) is 0 Å². The van der Waals surface area contributed by atoms with Crippen LogP contribution in [0.3, 0.4) is 0 Å². The molecular formula is C30H32F3N5O5S. The Bertz CT molecular complexity index is 1600. The number of alkyl halides is 3. The van der Waals surface area contributed by atoms with Crippen molar-refractivity contribution in [2.45, 2.75) is 25.4 Å². The van der Waals surface area contributed by atoms with E-state index in [1.54, 1.807) is 12.1 Å². The zero-order valence-electron chi connectivity index (χ0n) is 23.9. The zero-order valence-corrected chi connectivity index (χ0v) is 24.7. The third-order valence-electron chi connectivity index (χ3n) is 7.49. The van der Waals surface area contributed by atoms with E-state index in [0.29, 0.717) is 61.6 Å². The number of benzene rings is 3. The Balaban J connectivity index is 1.22. The SMILES string of the molecule is CS(=O)(=O)N1CCN(Cc2ccc(NC(=O)c3ccc(-c4cc(NC(=O)C5CCN5)ccc4OC(F)(F)F)cc3)cc2)CC1. The van der Waals surface area contributed by atoms with E-state index in [0.717, 1.165) is 18.2 Å². The van der Waals surface area contributed by atoms with Crippen molar-refractivity contribution in [1.82, 2.24) is 14.5 Å². The second kappa shape index (κ2) is 12.9. The molecule has 0 saturated carbocycles. The number of amides is 2. The summed E-state index contributed by atoms with van der Waals surface area (Å²) in [5, 5.41) is 8.49. The summed E-state index contributed by atoms with van der Waals surface area (Å²) < 4.78 is 68.4. The highest BCUT2D eigenvalue weighted by Gasteiger charge is 2.32. The van der Waals surface area contributed by atoms with Crippen LogP contribution in [0.2, 0.25) is 0 Å². The summed E-state index contributed by atoms with van der Waals surface area (Å²) in [6.45, 7) is 3.52. The van der Waals surface area contributed by atoms with Gasteiger partial charge in [0.2, 0.25) is 15.9 Å². The standard InChI is InChI=1S/C30H32F3N5O5S/c1-44(41,42)38-16-14-37(15-17-38)19-20-2-8-23(9-3-20)35-28(39)22-6-4-21(5-7-22)25-18-24(36-29(40)26-12-13-34-26)10-11-27(25)43-30(31,32)33/h2-11,18,26,34H,12-17,19H2,1H3,(H,35,39)(H,36,40). The maximum absolute atomic E-state index is 13.1. The van der Waals surface area contributed by atoms with Crippen LogP contribution < -0.4 is 20.7 Å². The molecule has 2 amide bonds. The van der Waals surface area contributed by atoms with Crippen molar-refractivity contribution in [3.8, 4) is 16.9 Å². The van der Waals surface area contributed by atoms with Gasteiger partial charge in [-0.15, -0.1) is 13.2 Å². The minimum absolute atomic E-state index is 0.0990. The maximum Gasteiger partial charge on any atom is 0.573 e. The first kappa shape index (κ1) is 31.4. The monoisotopic (exact) mass is 631 g/mol. The third kappa shape index (κ3) is 8.14. The topological polar surface area (TPSA) is 120 Å². The number of carbonyl (C=O) groups excluding carboxylic acids is 2. The molecule has 3 aromatic carbocycles. The highest BCUT2D eigenvalue weighted by atomic mass is 32.2. The van der Waals surface area contributed by atoms with Crippen LogP contribution in [0, 0.1) is 0 Å². The van der Waals surface area contributed by atoms with E-state index in [4.69, 9.17) is 0 Å². The summed E-state index contributed by atoms with van der Waals surface area (Å²) in [7, 11) is -3.19. The first-order valence-electron chi connectivity index (χ1n) is 14.0. The normalized spacial score (nSPS) is 17.9. The molecule has 3 aromatic rings. The molecular weight excluding hydrogens is 599 g/mol. The van der Waals surface area contributed by atoms with Crippen LogP contribution in [0.15, 0.2) is 66.7 Å². The number of anilines is 2. The molecule has 44 heavy (non-hydrogen) atoms. The molecule has 0 aliphatic carbocycles. The fourth-order valence-corrected chi connectivity index (χ4v) is 5.79.